The minimum Gasteiger partial charge on any atom is -0.340 e. The van der Waals surface area contributed by atoms with Crippen LogP contribution in [-0.2, 0) is 11.2 Å². The van der Waals surface area contributed by atoms with Crippen molar-refractivity contribution in [3.8, 4) is 10.7 Å². The SMILES string of the molecule is O=C(Cc1csc(-c2ccccn2)n1)NC(c1ccccc1)C(F)(F)F. The largest absolute Gasteiger partial charge is 0.412 e. The highest BCUT2D eigenvalue weighted by atomic mass is 32.1. The zero-order valence-corrected chi connectivity index (χ0v) is 14.2. The number of hydrogen-bond donors (Lipinski definition) is 1. The minimum atomic E-state index is -4.59. The van der Waals surface area contributed by atoms with E-state index in [4.69, 9.17) is 0 Å². The maximum absolute atomic E-state index is 13.3. The van der Waals surface area contributed by atoms with Gasteiger partial charge in [0.2, 0.25) is 5.91 Å². The standard InChI is InChI=1S/C18H14F3N3OS/c19-18(20,21)16(12-6-2-1-3-7-12)24-15(25)10-13-11-26-17(23-13)14-8-4-5-9-22-14/h1-9,11,16H,10H2,(H,24,25). The molecule has 1 aromatic carbocycles. The van der Waals surface area contributed by atoms with Crippen molar-refractivity contribution < 1.29 is 18.0 Å². The summed E-state index contributed by atoms with van der Waals surface area (Å²) in [5.41, 5.74) is 1.05. The van der Waals surface area contributed by atoms with E-state index in [9.17, 15) is 18.0 Å². The quantitative estimate of drug-likeness (QED) is 0.726. The van der Waals surface area contributed by atoms with Crippen molar-refractivity contribution in [3.63, 3.8) is 0 Å². The lowest BCUT2D eigenvalue weighted by molar-refractivity contribution is -0.163. The van der Waals surface area contributed by atoms with Crippen LogP contribution < -0.4 is 5.32 Å². The highest BCUT2D eigenvalue weighted by Crippen LogP contribution is 2.32. The van der Waals surface area contributed by atoms with E-state index in [0.29, 0.717) is 16.4 Å². The van der Waals surface area contributed by atoms with Crippen LogP contribution in [0.2, 0.25) is 0 Å². The van der Waals surface area contributed by atoms with Gasteiger partial charge in [0.05, 0.1) is 17.8 Å². The van der Waals surface area contributed by atoms with Gasteiger partial charge in [-0.3, -0.25) is 9.78 Å². The fourth-order valence-corrected chi connectivity index (χ4v) is 3.17. The Morgan fingerprint density at radius 2 is 1.85 bits per heavy atom. The summed E-state index contributed by atoms with van der Waals surface area (Å²) in [6.07, 6.45) is -3.20. The lowest BCUT2D eigenvalue weighted by Crippen LogP contribution is -2.38. The maximum Gasteiger partial charge on any atom is 0.412 e. The molecular weight excluding hydrogens is 363 g/mol. The zero-order valence-electron chi connectivity index (χ0n) is 13.4. The summed E-state index contributed by atoms with van der Waals surface area (Å²) in [6, 6.07) is 10.6. The van der Waals surface area contributed by atoms with Gasteiger partial charge in [-0.15, -0.1) is 11.3 Å². The molecule has 0 aliphatic heterocycles. The molecule has 1 atom stereocenters. The second kappa shape index (κ2) is 7.65. The Morgan fingerprint density at radius 1 is 1.12 bits per heavy atom. The molecule has 0 saturated heterocycles. The average Bonchev–Trinajstić information content (AvgIpc) is 3.09. The summed E-state index contributed by atoms with van der Waals surface area (Å²) in [5, 5.41) is 4.32. The highest BCUT2D eigenvalue weighted by Gasteiger charge is 2.41. The Bertz CT molecular complexity index is 866. The van der Waals surface area contributed by atoms with Crippen molar-refractivity contribution in [2.45, 2.75) is 18.6 Å². The first-order chi connectivity index (χ1) is 12.4. The first-order valence-corrected chi connectivity index (χ1v) is 8.58. The fraction of sp³-hybridized carbons (Fsp3) is 0.167. The molecule has 26 heavy (non-hydrogen) atoms. The predicted molar refractivity (Wildman–Crippen MR) is 92.4 cm³/mol. The van der Waals surface area contributed by atoms with Gasteiger partial charge in [-0.2, -0.15) is 13.2 Å². The van der Waals surface area contributed by atoms with E-state index in [1.54, 1.807) is 29.8 Å². The monoisotopic (exact) mass is 377 g/mol. The molecule has 1 amide bonds. The Balaban J connectivity index is 1.71. The van der Waals surface area contributed by atoms with E-state index in [2.05, 4.69) is 15.3 Å². The lowest BCUT2D eigenvalue weighted by atomic mass is 10.1. The first-order valence-electron chi connectivity index (χ1n) is 7.70. The van der Waals surface area contributed by atoms with Gasteiger partial charge in [-0.1, -0.05) is 36.4 Å². The summed E-state index contributed by atoms with van der Waals surface area (Å²) in [6.45, 7) is 0. The number of hydrogen-bond acceptors (Lipinski definition) is 4. The highest BCUT2D eigenvalue weighted by molar-refractivity contribution is 7.13. The van der Waals surface area contributed by atoms with Crippen molar-refractivity contribution in [1.29, 1.82) is 0 Å². The number of amides is 1. The maximum atomic E-state index is 13.3. The Hall–Kier alpha value is -2.74. The summed E-state index contributed by atoms with van der Waals surface area (Å²) >= 11 is 1.29. The van der Waals surface area contributed by atoms with Crippen molar-refractivity contribution >= 4 is 17.2 Å². The van der Waals surface area contributed by atoms with Crippen LogP contribution in [-0.4, -0.2) is 22.1 Å². The second-order valence-electron chi connectivity index (χ2n) is 5.49. The van der Waals surface area contributed by atoms with Crippen LogP contribution in [0.3, 0.4) is 0 Å². The smallest absolute Gasteiger partial charge is 0.340 e. The Kier molecular flexibility index (Phi) is 5.32. The lowest BCUT2D eigenvalue weighted by Gasteiger charge is -2.21. The minimum absolute atomic E-state index is 0.0131. The number of aromatic nitrogens is 2. The van der Waals surface area contributed by atoms with Crippen molar-refractivity contribution in [2.24, 2.45) is 0 Å². The van der Waals surface area contributed by atoms with Crippen molar-refractivity contribution in [1.82, 2.24) is 15.3 Å². The number of alkyl halides is 3. The van der Waals surface area contributed by atoms with Crippen LogP contribution in [0.5, 0.6) is 0 Å². The molecule has 134 valence electrons. The molecule has 1 unspecified atom stereocenters. The molecule has 0 bridgehead atoms. The molecule has 8 heteroatoms. The number of pyridine rings is 1. The van der Waals surface area contributed by atoms with Gasteiger partial charge in [0.25, 0.3) is 0 Å². The van der Waals surface area contributed by atoms with Gasteiger partial charge in [-0.25, -0.2) is 4.98 Å². The molecule has 2 heterocycles. The molecule has 0 spiro atoms. The number of rotatable bonds is 5. The van der Waals surface area contributed by atoms with E-state index in [0.717, 1.165) is 0 Å². The van der Waals surface area contributed by atoms with Gasteiger partial charge in [0.1, 0.15) is 5.01 Å². The molecule has 3 aromatic rings. The van der Waals surface area contributed by atoms with Crippen molar-refractivity contribution in [2.75, 3.05) is 0 Å². The molecule has 1 N–H and O–H groups in total. The third-order valence-corrected chi connectivity index (χ3v) is 4.46. The normalized spacial score (nSPS) is 12.6. The van der Waals surface area contributed by atoms with Gasteiger partial charge >= 0.3 is 6.18 Å². The number of benzene rings is 1. The average molecular weight is 377 g/mol. The Morgan fingerprint density at radius 3 is 2.50 bits per heavy atom. The number of nitrogens with zero attached hydrogens (tertiary/aromatic N) is 2. The predicted octanol–water partition coefficient (Wildman–Crippen LogP) is 4.17. The van der Waals surface area contributed by atoms with E-state index < -0.39 is 18.1 Å². The summed E-state index contributed by atoms with van der Waals surface area (Å²) in [7, 11) is 0. The third-order valence-electron chi connectivity index (χ3n) is 3.54. The van der Waals surface area contributed by atoms with E-state index in [-0.39, 0.29) is 12.0 Å². The number of thiazole rings is 1. The van der Waals surface area contributed by atoms with Crippen LogP contribution >= 0.6 is 11.3 Å². The molecular formula is C18H14F3N3OS. The first kappa shape index (κ1) is 18.1. The molecule has 0 aliphatic carbocycles. The van der Waals surface area contributed by atoms with E-state index in [1.165, 1.54) is 35.6 Å². The number of halogens is 3. The van der Waals surface area contributed by atoms with Gasteiger partial charge in [-0.05, 0) is 17.7 Å². The number of carbonyl (C=O) groups excluding carboxylic acids is 1. The molecule has 0 aliphatic rings. The van der Waals surface area contributed by atoms with Gasteiger partial charge in [0, 0.05) is 11.6 Å². The molecule has 0 radical (unpaired) electrons. The van der Waals surface area contributed by atoms with E-state index in [1.807, 2.05) is 6.07 Å². The number of nitrogens with one attached hydrogen (secondary N) is 1. The molecule has 4 nitrogen and oxygen atoms in total. The summed E-state index contributed by atoms with van der Waals surface area (Å²) in [5.74, 6) is -0.742. The topological polar surface area (TPSA) is 54.9 Å². The van der Waals surface area contributed by atoms with Crippen molar-refractivity contribution in [3.05, 3.63) is 71.4 Å². The molecule has 2 aromatic heterocycles. The van der Waals surface area contributed by atoms with Crippen LogP contribution in [0.4, 0.5) is 13.2 Å². The molecule has 0 fully saturated rings. The van der Waals surface area contributed by atoms with Crippen LogP contribution in [0.15, 0.2) is 60.1 Å². The number of carbonyl (C=O) groups is 1. The molecule has 0 saturated carbocycles. The van der Waals surface area contributed by atoms with Gasteiger partial charge in [0.15, 0.2) is 6.04 Å². The second-order valence-corrected chi connectivity index (χ2v) is 6.35. The van der Waals surface area contributed by atoms with Crippen LogP contribution in [0, 0.1) is 0 Å². The third kappa shape index (κ3) is 4.45. The zero-order chi connectivity index (χ0) is 18.6. The van der Waals surface area contributed by atoms with Crippen LogP contribution in [0.25, 0.3) is 10.7 Å². The molecule has 3 rings (SSSR count). The van der Waals surface area contributed by atoms with Gasteiger partial charge < -0.3 is 5.32 Å². The van der Waals surface area contributed by atoms with Crippen LogP contribution in [0.1, 0.15) is 17.3 Å². The summed E-state index contributed by atoms with van der Waals surface area (Å²) in [4.78, 5) is 20.6. The Labute approximate surface area is 151 Å². The fourth-order valence-electron chi connectivity index (χ4n) is 2.37. The summed E-state index contributed by atoms with van der Waals surface area (Å²) < 4.78 is 39.9. The van der Waals surface area contributed by atoms with E-state index >= 15 is 0 Å².